The van der Waals surface area contributed by atoms with Crippen LogP contribution in [0.1, 0.15) is 25.8 Å². The zero-order valence-corrected chi connectivity index (χ0v) is 12.2. The van der Waals surface area contributed by atoms with Gasteiger partial charge in [-0.2, -0.15) is 0 Å². The largest absolute Gasteiger partial charge is 0.395 e. The normalized spacial score (nSPS) is 11.7. The monoisotopic (exact) mass is 252 g/mol. The Morgan fingerprint density at radius 1 is 1.00 bits per heavy atom. The van der Waals surface area contributed by atoms with Gasteiger partial charge in [0.25, 0.3) is 0 Å². The van der Waals surface area contributed by atoms with E-state index < -0.39 is 8.56 Å². The molecule has 1 aromatic rings. The van der Waals surface area contributed by atoms with E-state index in [4.69, 9.17) is 8.85 Å². The number of hydrogen-bond donors (Lipinski definition) is 0. The lowest BCUT2D eigenvalue weighted by atomic mass is 10.1. The molecule has 0 aliphatic rings. The van der Waals surface area contributed by atoms with Gasteiger partial charge in [-0.05, 0) is 44.8 Å². The number of benzene rings is 1. The quantitative estimate of drug-likeness (QED) is 0.656. The minimum absolute atomic E-state index is 0.758. The minimum atomic E-state index is -1.90. The summed E-state index contributed by atoms with van der Waals surface area (Å²) in [5.74, 6) is 0. The van der Waals surface area contributed by atoms with Crippen molar-refractivity contribution in [3.63, 3.8) is 0 Å². The van der Waals surface area contributed by atoms with Gasteiger partial charge >= 0.3 is 8.56 Å². The molecule has 0 heterocycles. The molecule has 0 atom stereocenters. The van der Waals surface area contributed by atoms with Crippen molar-refractivity contribution in [3.8, 4) is 0 Å². The van der Waals surface area contributed by atoms with Crippen LogP contribution in [0.2, 0.25) is 12.6 Å². The summed E-state index contributed by atoms with van der Waals surface area (Å²) in [6.07, 6.45) is 2.26. The molecule has 0 fully saturated rings. The Bertz CT molecular complexity index is 294. The van der Waals surface area contributed by atoms with Crippen molar-refractivity contribution in [2.24, 2.45) is 0 Å². The highest BCUT2D eigenvalue weighted by atomic mass is 28.4. The van der Waals surface area contributed by atoms with Crippen LogP contribution in [0, 0.1) is 0 Å². The number of rotatable bonds is 8. The Kier molecular flexibility index (Phi) is 6.48. The molecule has 1 aromatic carbocycles. The average molecular weight is 252 g/mol. The van der Waals surface area contributed by atoms with Gasteiger partial charge in [0, 0.05) is 13.2 Å². The lowest BCUT2D eigenvalue weighted by molar-refractivity contribution is 0.188. The Morgan fingerprint density at radius 2 is 1.59 bits per heavy atom. The Hall–Kier alpha value is -0.643. The number of hydrogen-bond acceptors (Lipinski definition) is 2. The summed E-state index contributed by atoms with van der Waals surface area (Å²) in [5, 5.41) is 0. The summed E-state index contributed by atoms with van der Waals surface area (Å²) >= 11 is 0. The first-order valence-electron chi connectivity index (χ1n) is 6.52. The van der Waals surface area contributed by atoms with Crippen molar-refractivity contribution in [2.45, 2.75) is 39.3 Å². The van der Waals surface area contributed by atoms with Gasteiger partial charge in [-0.1, -0.05) is 30.3 Å². The maximum absolute atomic E-state index is 5.82. The molecule has 0 unspecified atom stereocenters. The maximum Gasteiger partial charge on any atom is 0.334 e. The third kappa shape index (κ3) is 5.48. The van der Waals surface area contributed by atoms with Crippen LogP contribution >= 0.6 is 0 Å². The second-order valence-electron chi connectivity index (χ2n) is 4.34. The lowest BCUT2D eigenvalue weighted by Crippen LogP contribution is -2.38. The van der Waals surface area contributed by atoms with Crippen LogP contribution in [0.3, 0.4) is 0 Å². The fourth-order valence-corrected chi connectivity index (χ4v) is 4.47. The van der Waals surface area contributed by atoms with E-state index in [9.17, 15) is 0 Å². The summed E-state index contributed by atoms with van der Waals surface area (Å²) in [7, 11) is -1.90. The fraction of sp³-hybridized carbons (Fsp3) is 0.571. The van der Waals surface area contributed by atoms with E-state index in [1.54, 1.807) is 0 Å². The predicted molar refractivity (Wildman–Crippen MR) is 74.4 cm³/mol. The summed E-state index contributed by atoms with van der Waals surface area (Å²) in [4.78, 5) is 0. The van der Waals surface area contributed by atoms with Crippen LogP contribution in [0.15, 0.2) is 30.3 Å². The summed E-state index contributed by atoms with van der Waals surface area (Å²) in [6.45, 7) is 7.77. The molecular formula is C14H24O2Si. The van der Waals surface area contributed by atoms with Crippen LogP contribution in [-0.2, 0) is 15.3 Å². The van der Waals surface area contributed by atoms with Crippen LogP contribution in [0.4, 0.5) is 0 Å². The van der Waals surface area contributed by atoms with E-state index >= 15 is 0 Å². The van der Waals surface area contributed by atoms with Crippen LogP contribution in [-0.4, -0.2) is 21.8 Å². The summed E-state index contributed by atoms with van der Waals surface area (Å²) in [5.41, 5.74) is 1.40. The Labute approximate surface area is 106 Å². The van der Waals surface area contributed by atoms with Gasteiger partial charge in [0.2, 0.25) is 0 Å². The molecule has 0 saturated carbocycles. The van der Waals surface area contributed by atoms with E-state index in [2.05, 4.69) is 36.9 Å². The highest BCUT2D eigenvalue weighted by Crippen LogP contribution is 2.17. The summed E-state index contributed by atoms with van der Waals surface area (Å²) in [6, 6.07) is 11.7. The van der Waals surface area contributed by atoms with Gasteiger partial charge in [-0.3, -0.25) is 0 Å². The molecule has 0 amide bonds. The zero-order valence-electron chi connectivity index (χ0n) is 11.2. The van der Waals surface area contributed by atoms with Gasteiger partial charge < -0.3 is 8.85 Å². The Morgan fingerprint density at radius 3 is 2.12 bits per heavy atom. The average Bonchev–Trinajstić information content (AvgIpc) is 2.31. The topological polar surface area (TPSA) is 18.5 Å². The highest BCUT2D eigenvalue weighted by molar-refractivity contribution is 6.66. The maximum atomic E-state index is 5.82. The molecule has 0 spiro atoms. The molecule has 0 radical (unpaired) electrons. The second kappa shape index (κ2) is 7.64. The third-order valence-corrected chi connectivity index (χ3v) is 5.90. The van der Waals surface area contributed by atoms with Crippen molar-refractivity contribution in [2.75, 3.05) is 13.2 Å². The van der Waals surface area contributed by atoms with Crippen molar-refractivity contribution < 1.29 is 8.85 Å². The minimum Gasteiger partial charge on any atom is -0.395 e. The van der Waals surface area contributed by atoms with Crippen LogP contribution in [0.5, 0.6) is 0 Å². The van der Waals surface area contributed by atoms with Crippen molar-refractivity contribution >= 4 is 8.56 Å². The van der Waals surface area contributed by atoms with Crippen LogP contribution in [0.25, 0.3) is 0 Å². The molecule has 1 rings (SSSR count). The van der Waals surface area contributed by atoms with Gasteiger partial charge in [-0.15, -0.1) is 0 Å². The molecule has 0 N–H and O–H groups in total. The predicted octanol–water partition coefficient (Wildman–Crippen LogP) is 3.76. The molecule has 96 valence electrons. The van der Waals surface area contributed by atoms with Gasteiger partial charge in [0.05, 0.1) is 0 Å². The molecule has 0 aliphatic carbocycles. The van der Waals surface area contributed by atoms with Crippen LogP contribution < -0.4 is 0 Å². The van der Waals surface area contributed by atoms with E-state index in [-0.39, 0.29) is 0 Å². The van der Waals surface area contributed by atoms with E-state index in [0.717, 1.165) is 32.1 Å². The molecule has 3 heteroatoms. The first-order valence-corrected chi connectivity index (χ1v) is 9.04. The SMILES string of the molecule is CCO[Si](C)(CCCc1ccccc1)OCC. The second-order valence-corrected chi connectivity index (χ2v) is 7.68. The lowest BCUT2D eigenvalue weighted by Gasteiger charge is -2.25. The van der Waals surface area contributed by atoms with Crippen molar-refractivity contribution in [3.05, 3.63) is 35.9 Å². The van der Waals surface area contributed by atoms with E-state index in [0.29, 0.717) is 0 Å². The van der Waals surface area contributed by atoms with E-state index in [1.165, 1.54) is 5.56 Å². The smallest absolute Gasteiger partial charge is 0.334 e. The van der Waals surface area contributed by atoms with Gasteiger partial charge in [0.1, 0.15) is 0 Å². The van der Waals surface area contributed by atoms with Gasteiger partial charge in [-0.25, -0.2) is 0 Å². The standard InChI is InChI=1S/C14H24O2Si/c1-4-15-17(3,16-5-2)13-9-12-14-10-7-6-8-11-14/h6-8,10-11H,4-5,9,12-13H2,1-3H3. The zero-order chi connectivity index (χ0) is 12.6. The molecular weight excluding hydrogens is 228 g/mol. The fourth-order valence-electron chi connectivity index (χ4n) is 2.05. The molecule has 2 nitrogen and oxygen atoms in total. The highest BCUT2D eigenvalue weighted by Gasteiger charge is 2.29. The molecule has 0 aromatic heterocycles. The van der Waals surface area contributed by atoms with Crippen molar-refractivity contribution in [1.82, 2.24) is 0 Å². The third-order valence-electron chi connectivity index (χ3n) is 2.84. The van der Waals surface area contributed by atoms with Gasteiger partial charge in [0.15, 0.2) is 0 Å². The first-order chi connectivity index (χ1) is 8.20. The molecule has 0 bridgehead atoms. The molecule has 0 saturated heterocycles. The summed E-state index contributed by atoms with van der Waals surface area (Å²) < 4.78 is 11.6. The number of aryl methyl sites for hydroxylation is 1. The first kappa shape index (κ1) is 14.4. The molecule has 17 heavy (non-hydrogen) atoms. The Balaban J connectivity index is 2.37. The van der Waals surface area contributed by atoms with Crippen molar-refractivity contribution in [1.29, 1.82) is 0 Å². The molecule has 0 aliphatic heterocycles. The van der Waals surface area contributed by atoms with E-state index in [1.807, 2.05) is 13.8 Å².